The molecular formula is C19H21N5O2S. The largest absolute Gasteiger partial charge is 0.497 e. The maximum absolute atomic E-state index is 13.0. The topological polar surface area (TPSA) is 65.2 Å². The van der Waals surface area contributed by atoms with E-state index in [1.54, 1.807) is 11.8 Å². The van der Waals surface area contributed by atoms with Gasteiger partial charge < -0.3 is 14.2 Å². The zero-order chi connectivity index (χ0) is 18.6. The number of methoxy groups -OCH3 is 1. The quantitative estimate of drug-likeness (QED) is 0.677. The first kappa shape index (κ1) is 17.7. The lowest BCUT2D eigenvalue weighted by atomic mass is 10.2. The van der Waals surface area contributed by atoms with Gasteiger partial charge in [0, 0.05) is 37.0 Å². The van der Waals surface area contributed by atoms with Crippen molar-refractivity contribution < 1.29 is 9.53 Å². The van der Waals surface area contributed by atoms with Gasteiger partial charge in [0.05, 0.1) is 13.7 Å². The minimum atomic E-state index is -0.0556. The highest BCUT2D eigenvalue weighted by atomic mass is 32.2. The molecule has 0 saturated carbocycles. The zero-order valence-corrected chi connectivity index (χ0v) is 15.9. The summed E-state index contributed by atoms with van der Waals surface area (Å²) in [5.41, 5.74) is 1.45. The average Bonchev–Trinajstić information content (AvgIpc) is 3.38. The number of thioether (sulfide) groups is 1. The molecule has 4 rings (SSSR count). The molecule has 27 heavy (non-hydrogen) atoms. The molecule has 0 atom stereocenters. The Bertz CT molecular complexity index is 899. The number of rotatable bonds is 5. The first-order valence-electron chi connectivity index (χ1n) is 8.83. The van der Waals surface area contributed by atoms with Crippen molar-refractivity contribution in [2.75, 3.05) is 31.7 Å². The Hall–Kier alpha value is -2.74. The lowest BCUT2D eigenvalue weighted by Gasteiger charge is -2.25. The Morgan fingerprint density at radius 1 is 1.15 bits per heavy atom. The van der Waals surface area contributed by atoms with Crippen molar-refractivity contribution >= 4 is 17.7 Å². The van der Waals surface area contributed by atoms with Crippen LogP contribution in [0.25, 0.3) is 5.82 Å². The maximum Gasteiger partial charge on any atom is 0.278 e. The normalized spacial score (nSPS) is 14.3. The second-order valence-electron chi connectivity index (χ2n) is 6.26. The van der Waals surface area contributed by atoms with E-state index in [-0.39, 0.29) is 5.91 Å². The summed E-state index contributed by atoms with van der Waals surface area (Å²) in [5, 5.41) is 8.53. The number of carbonyl (C=O) groups is 1. The van der Waals surface area contributed by atoms with E-state index in [0.29, 0.717) is 18.1 Å². The molecule has 0 radical (unpaired) electrons. The van der Waals surface area contributed by atoms with Crippen LogP contribution in [0.3, 0.4) is 0 Å². The van der Waals surface area contributed by atoms with Gasteiger partial charge in [0.2, 0.25) is 0 Å². The third kappa shape index (κ3) is 3.71. The van der Waals surface area contributed by atoms with Crippen LogP contribution < -0.4 is 4.74 Å². The maximum atomic E-state index is 13.0. The van der Waals surface area contributed by atoms with Crippen molar-refractivity contribution in [3.63, 3.8) is 0 Å². The van der Waals surface area contributed by atoms with E-state index in [9.17, 15) is 4.79 Å². The van der Waals surface area contributed by atoms with Gasteiger partial charge in [-0.3, -0.25) is 4.79 Å². The number of hydrogen-bond acceptors (Lipinski definition) is 5. The van der Waals surface area contributed by atoms with Crippen molar-refractivity contribution in [1.29, 1.82) is 0 Å². The molecule has 0 unspecified atom stereocenters. The van der Waals surface area contributed by atoms with Crippen molar-refractivity contribution in [2.24, 2.45) is 0 Å². The van der Waals surface area contributed by atoms with E-state index < -0.39 is 0 Å². The van der Waals surface area contributed by atoms with Crippen molar-refractivity contribution in [3.8, 4) is 11.6 Å². The van der Waals surface area contributed by atoms with Crippen LogP contribution in [0.5, 0.6) is 5.75 Å². The van der Waals surface area contributed by atoms with Crippen LogP contribution in [-0.2, 0) is 6.54 Å². The van der Waals surface area contributed by atoms with Gasteiger partial charge in [-0.2, -0.15) is 11.8 Å². The molecule has 1 saturated heterocycles. The second kappa shape index (κ2) is 7.87. The van der Waals surface area contributed by atoms with Gasteiger partial charge in [0.25, 0.3) is 5.91 Å². The van der Waals surface area contributed by atoms with Gasteiger partial charge in [0.1, 0.15) is 5.75 Å². The predicted molar refractivity (Wildman–Crippen MR) is 105 cm³/mol. The van der Waals surface area contributed by atoms with Gasteiger partial charge in [0.15, 0.2) is 11.5 Å². The van der Waals surface area contributed by atoms with Gasteiger partial charge in [-0.15, -0.1) is 5.10 Å². The summed E-state index contributed by atoms with van der Waals surface area (Å²) in [5.74, 6) is 3.37. The molecule has 1 aromatic carbocycles. The van der Waals surface area contributed by atoms with Crippen LogP contribution in [-0.4, -0.2) is 62.1 Å². The number of hydrogen-bond donors (Lipinski definition) is 0. The van der Waals surface area contributed by atoms with Crippen LogP contribution in [0.2, 0.25) is 0 Å². The Balaban J connectivity index is 1.67. The Morgan fingerprint density at radius 2 is 1.85 bits per heavy atom. The molecule has 0 aliphatic carbocycles. The van der Waals surface area contributed by atoms with E-state index >= 15 is 0 Å². The molecule has 1 fully saturated rings. The monoisotopic (exact) mass is 383 g/mol. The molecule has 1 amide bonds. The Morgan fingerprint density at radius 3 is 2.52 bits per heavy atom. The fourth-order valence-electron chi connectivity index (χ4n) is 3.10. The number of nitrogens with zero attached hydrogens (tertiary/aromatic N) is 5. The summed E-state index contributed by atoms with van der Waals surface area (Å²) in [6.07, 6.45) is 3.82. The first-order valence-corrected chi connectivity index (χ1v) is 9.98. The average molecular weight is 383 g/mol. The number of benzene rings is 1. The summed E-state index contributed by atoms with van der Waals surface area (Å²) in [4.78, 5) is 14.9. The summed E-state index contributed by atoms with van der Waals surface area (Å²) in [7, 11) is 1.65. The van der Waals surface area contributed by atoms with E-state index in [2.05, 4.69) is 10.3 Å². The smallest absolute Gasteiger partial charge is 0.278 e. The standard InChI is InChI=1S/C19H21N5O2S/c1-26-16-6-4-15(5-7-16)14-24-18(22-8-2-3-9-22)17(20-21-24)19(25)23-10-12-27-13-11-23/h2-9H,10-14H2,1H3. The Labute approximate surface area is 161 Å². The Kier molecular flexibility index (Phi) is 5.15. The SMILES string of the molecule is COc1ccc(Cn2nnc(C(=O)N3CCSCC3)c2-n2cccc2)cc1. The summed E-state index contributed by atoms with van der Waals surface area (Å²) in [6, 6.07) is 11.7. The predicted octanol–water partition coefficient (Wildman–Crippen LogP) is 2.31. The van der Waals surface area contributed by atoms with E-state index in [0.717, 1.165) is 35.9 Å². The van der Waals surface area contributed by atoms with Crippen LogP contribution in [0.4, 0.5) is 0 Å². The molecule has 7 nitrogen and oxygen atoms in total. The third-order valence-corrected chi connectivity index (χ3v) is 5.49. The molecule has 3 aromatic rings. The summed E-state index contributed by atoms with van der Waals surface area (Å²) >= 11 is 1.87. The molecule has 2 aromatic heterocycles. The number of amides is 1. The molecule has 1 aliphatic heterocycles. The molecule has 0 bridgehead atoms. The van der Waals surface area contributed by atoms with Crippen LogP contribution in [0.1, 0.15) is 16.1 Å². The van der Waals surface area contributed by atoms with Gasteiger partial charge in [-0.25, -0.2) is 4.68 Å². The zero-order valence-electron chi connectivity index (χ0n) is 15.1. The lowest BCUT2D eigenvalue weighted by Crippen LogP contribution is -2.38. The lowest BCUT2D eigenvalue weighted by molar-refractivity contribution is 0.0766. The van der Waals surface area contributed by atoms with E-state index in [4.69, 9.17) is 4.74 Å². The van der Waals surface area contributed by atoms with E-state index in [1.165, 1.54) is 0 Å². The highest BCUT2D eigenvalue weighted by molar-refractivity contribution is 7.99. The van der Waals surface area contributed by atoms with Crippen molar-refractivity contribution in [3.05, 3.63) is 60.0 Å². The minimum absolute atomic E-state index is 0.0556. The third-order valence-electron chi connectivity index (χ3n) is 4.55. The number of carbonyl (C=O) groups excluding carboxylic acids is 1. The molecule has 1 aliphatic rings. The molecular weight excluding hydrogens is 362 g/mol. The van der Waals surface area contributed by atoms with Gasteiger partial charge >= 0.3 is 0 Å². The van der Waals surface area contributed by atoms with Crippen molar-refractivity contribution in [1.82, 2.24) is 24.5 Å². The van der Waals surface area contributed by atoms with Gasteiger partial charge in [-0.1, -0.05) is 17.3 Å². The molecule has 140 valence electrons. The highest BCUT2D eigenvalue weighted by Crippen LogP contribution is 2.19. The fraction of sp³-hybridized carbons (Fsp3) is 0.316. The van der Waals surface area contributed by atoms with Gasteiger partial charge in [-0.05, 0) is 29.8 Å². The van der Waals surface area contributed by atoms with Crippen LogP contribution >= 0.6 is 11.8 Å². The van der Waals surface area contributed by atoms with E-state index in [1.807, 2.05) is 70.0 Å². The second-order valence-corrected chi connectivity index (χ2v) is 7.49. The molecule has 0 spiro atoms. The molecule has 3 heterocycles. The minimum Gasteiger partial charge on any atom is -0.497 e. The van der Waals surface area contributed by atoms with Crippen LogP contribution in [0, 0.1) is 0 Å². The molecule has 0 N–H and O–H groups in total. The highest BCUT2D eigenvalue weighted by Gasteiger charge is 2.26. The fourth-order valence-corrected chi connectivity index (χ4v) is 4.01. The number of ether oxygens (including phenoxy) is 1. The van der Waals surface area contributed by atoms with Crippen LogP contribution in [0.15, 0.2) is 48.8 Å². The molecule has 8 heteroatoms. The first-order chi connectivity index (χ1) is 13.3. The van der Waals surface area contributed by atoms with Crippen molar-refractivity contribution in [2.45, 2.75) is 6.54 Å². The number of aromatic nitrogens is 4. The summed E-state index contributed by atoms with van der Waals surface area (Å²) in [6.45, 7) is 2.02. The summed E-state index contributed by atoms with van der Waals surface area (Å²) < 4.78 is 8.88.